The molecule has 0 aliphatic rings. The lowest BCUT2D eigenvalue weighted by molar-refractivity contribution is -0.120. The van der Waals surface area contributed by atoms with Gasteiger partial charge in [0.1, 0.15) is 5.92 Å². The van der Waals surface area contributed by atoms with Crippen LogP contribution in [-0.4, -0.2) is 13.0 Å². The molecule has 1 amide bonds. The summed E-state index contributed by atoms with van der Waals surface area (Å²) in [5, 5.41) is 8.93. The first-order valence-electron chi connectivity index (χ1n) is 5.43. The van der Waals surface area contributed by atoms with Gasteiger partial charge in [0.2, 0.25) is 5.91 Å². The maximum absolute atomic E-state index is 12.0. The van der Waals surface area contributed by atoms with Crippen LogP contribution in [0.1, 0.15) is 19.8 Å². The van der Waals surface area contributed by atoms with Crippen molar-refractivity contribution in [3.05, 3.63) is 30.3 Å². The molecule has 3 nitrogen and oxygen atoms in total. The monoisotopic (exact) mass is 216 g/mol. The molecule has 16 heavy (non-hydrogen) atoms. The van der Waals surface area contributed by atoms with Gasteiger partial charge in [-0.25, -0.2) is 0 Å². The third kappa shape index (κ3) is 2.83. The van der Waals surface area contributed by atoms with E-state index in [1.807, 2.05) is 37.3 Å². The maximum atomic E-state index is 12.0. The van der Waals surface area contributed by atoms with Gasteiger partial charge in [-0.2, -0.15) is 5.26 Å². The highest BCUT2D eigenvalue weighted by Crippen LogP contribution is 2.16. The predicted molar refractivity (Wildman–Crippen MR) is 63.9 cm³/mol. The number of amides is 1. The second-order valence-electron chi connectivity index (χ2n) is 3.70. The molecule has 0 heterocycles. The third-order valence-corrected chi connectivity index (χ3v) is 2.51. The Bertz CT molecular complexity index is 381. The standard InChI is InChI=1S/C13H16N2O/c1-3-7-11(10-14)13(16)15(2)12-8-5-4-6-9-12/h4-6,8-9,11H,3,7H2,1-2H3. The quantitative estimate of drug-likeness (QED) is 0.776. The van der Waals surface area contributed by atoms with E-state index in [0.717, 1.165) is 12.1 Å². The van der Waals surface area contributed by atoms with E-state index in [1.54, 1.807) is 11.9 Å². The Hall–Kier alpha value is -1.82. The van der Waals surface area contributed by atoms with Gasteiger partial charge in [0, 0.05) is 12.7 Å². The fourth-order valence-corrected chi connectivity index (χ4v) is 1.54. The topological polar surface area (TPSA) is 44.1 Å². The van der Waals surface area contributed by atoms with Crippen molar-refractivity contribution < 1.29 is 4.79 Å². The molecule has 84 valence electrons. The highest BCUT2D eigenvalue weighted by Gasteiger charge is 2.21. The second-order valence-corrected chi connectivity index (χ2v) is 3.70. The van der Waals surface area contributed by atoms with Crippen LogP contribution in [0.2, 0.25) is 0 Å². The minimum Gasteiger partial charge on any atom is -0.314 e. The van der Waals surface area contributed by atoms with Crippen molar-refractivity contribution in [1.29, 1.82) is 5.26 Å². The Morgan fingerprint density at radius 3 is 2.56 bits per heavy atom. The van der Waals surface area contributed by atoms with Gasteiger partial charge >= 0.3 is 0 Å². The average molecular weight is 216 g/mol. The number of para-hydroxylation sites is 1. The number of nitrogens with zero attached hydrogens (tertiary/aromatic N) is 2. The van der Waals surface area contributed by atoms with Gasteiger partial charge in [0.25, 0.3) is 0 Å². The molecule has 1 aromatic carbocycles. The fourth-order valence-electron chi connectivity index (χ4n) is 1.54. The lowest BCUT2D eigenvalue weighted by Crippen LogP contribution is -2.32. The molecule has 0 saturated heterocycles. The first kappa shape index (κ1) is 12.3. The summed E-state index contributed by atoms with van der Waals surface area (Å²) in [5.41, 5.74) is 0.823. The second kappa shape index (κ2) is 5.92. The molecule has 0 aromatic heterocycles. The Morgan fingerprint density at radius 2 is 2.06 bits per heavy atom. The molecule has 0 aliphatic carbocycles. The fraction of sp³-hybridized carbons (Fsp3) is 0.385. The Labute approximate surface area is 96.3 Å². The highest BCUT2D eigenvalue weighted by atomic mass is 16.2. The molecule has 0 N–H and O–H groups in total. The number of hydrogen-bond donors (Lipinski definition) is 0. The van der Waals surface area contributed by atoms with Crippen molar-refractivity contribution in [3.63, 3.8) is 0 Å². The number of anilines is 1. The van der Waals surface area contributed by atoms with E-state index in [0.29, 0.717) is 6.42 Å². The molecule has 1 rings (SSSR count). The van der Waals surface area contributed by atoms with Crippen molar-refractivity contribution in [2.45, 2.75) is 19.8 Å². The van der Waals surface area contributed by atoms with Crippen LogP contribution in [0.15, 0.2) is 30.3 Å². The largest absolute Gasteiger partial charge is 0.314 e. The van der Waals surface area contributed by atoms with Crippen molar-refractivity contribution in [2.24, 2.45) is 5.92 Å². The van der Waals surface area contributed by atoms with Gasteiger partial charge in [-0.05, 0) is 18.6 Å². The molecular formula is C13H16N2O. The van der Waals surface area contributed by atoms with Crippen molar-refractivity contribution in [1.82, 2.24) is 0 Å². The smallest absolute Gasteiger partial charge is 0.244 e. The molecule has 1 unspecified atom stereocenters. The van der Waals surface area contributed by atoms with Crippen LogP contribution in [0.25, 0.3) is 0 Å². The number of carbonyl (C=O) groups is 1. The van der Waals surface area contributed by atoms with Crippen LogP contribution in [0.4, 0.5) is 5.69 Å². The summed E-state index contributed by atoms with van der Waals surface area (Å²) in [4.78, 5) is 13.5. The Morgan fingerprint density at radius 1 is 1.44 bits per heavy atom. The number of rotatable bonds is 4. The van der Waals surface area contributed by atoms with E-state index >= 15 is 0 Å². The number of benzene rings is 1. The van der Waals surface area contributed by atoms with Gasteiger partial charge in [-0.1, -0.05) is 31.5 Å². The number of hydrogen-bond acceptors (Lipinski definition) is 2. The minimum absolute atomic E-state index is 0.129. The Kier molecular flexibility index (Phi) is 4.53. The summed E-state index contributed by atoms with van der Waals surface area (Å²) in [6, 6.07) is 11.4. The van der Waals surface area contributed by atoms with E-state index in [2.05, 4.69) is 6.07 Å². The molecule has 0 fully saturated rings. The lowest BCUT2D eigenvalue weighted by Gasteiger charge is -2.19. The molecule has 0 radical (unpaired) electrons. The van der Waals surface area contributed by atoms with Crippen LogP contribution in [-0.2, 0) is 4.79 Å². The van der Waals surface area contributed by atoms with E-state index in [1.165, 1.54) is 0 Å². The normalized spacial score (nSPS) is 11.6. The zero-order chi connectivity index (χ0) is 12.0. The van der Waals surface area contributed by atoms with Gasteiger partial charge in [-0.3, -0.25) is 4.79 Å². The van der Waals surface area contributed by atoms with Crippen LogP contribution in [0, 0.1) is 17.2 Å². The molecule has 0 aliphatic heterocycles. The lowest BCUT2D eigenvalue weighted by atomic mass is 10.0. The predicted octanol–water partition coefficient (Wildman–Crippen LogP) is 2.59. The summed E-state index contributed by atoms with van der Waals surface area (Å²) >= 11 is 0. The zero-order valence-electron chi connectivity index (χ0n) is 9.68. The summed E-state index contributed by atoms with van der Waals surface area (Å²) in [5.74, 6) is -0.661. The molecule has 0 saturated carbocycles. The number of nitriles is 1. The van der Waals surface area contributed by atoms with E-state index in [-0.39, 0.29) is 5.91 Å². The zero-order valence-corrected chi connectivity index (χ0v) is 9.68. The average Bonchev–Trinajstić information content (AvgIpc) is 2.35. The Balaban J connectivity index is 2.78. The third-order valence-electron chi connectivity index (χ3n) is 2.51. The van der Waals surface area contributed by atoms with Gasteiger partial charge in [0.05, 0.1) is 6.07 Å². The van der Waals surface area contributed by atoms with Crippen LogP contribution >= 0.6 is 0 Å². The van der Waals surface area contributed by atoms with E-state index in [4.69, 9.17) is 5.26 Å². The van der Waals surface area contributed by atoms with Gasteiger partial charge < -0.3 is 4.90 Å². The minimum atomic E-state index is -0.532. The van der Waals surface area contributed by atoms with Crippen LogP contribution in [0.3, 0.4) is 0 Å². The maximum Gasteiger partial charge on any atom is 0.244 e. The van der Waals surface area contributed by atoms with Crippen LogP contribution < -0.4 is 4.90 Å². The summed E-state index contributed by atoms with van der Waals surface area (Å²) in [6.07, 6.45) is 1.46. The summed E-state index contributed by atoms with van der Waals surface area (Å²) in [6.45, 7) is 1.97. The molecule has 1 aromatic rings. The molecular weight excluding hydrogens is 200 g/mol. The van der Waals surface area contributed by atoms with Gasteiger partial charge in [0.15, 0.2) is 0 Å². The molecule has 3 heteroatoms. The molecule has 0 bridgehead atoms. The molecule has 1 atom stereocenters. The van der Waals surface area contributed by atoms with E-state index in [9.17, 15) is 4.79 Å². The van der Waals surface area contributed by atoms with Crippen molar-refractivity contribution in [2.75, 3.05) is 11.9 Å². The number of carbonyl (C=O) groups excluding carboxylic acids is 1. The first-order valence-corrected chi connectivity index (χ1v) is 5.43. The van der Waals surface area contributed by atoms with E-state index < -0.39 is 5.92 Å². The first-order chi connectivity index (χ1) is 7.70. The van der Waals surface area contributed by atoms with Crippen molar-refractivity contribution >= 4 is 11.6 Å². The summed E-state index contributed by atoms with van der Waals surface area (Å²) < 4.78 is 0. The van der Waals surface area contributed by atoms with Gasteiger partial charge in [-0.15, -0.1) is 0 Å². The van der Waals surface area contributed by atoms with Crippen LogP contribution in [0.5, 0.6) is 0 Å². The SMILES string of the molecule is CCCC(C#N)C(=O)N(C)c1ccccc1. The van der Waals surface area contributed by atoms with Crippen molar-refractivity contribution in [3.8, 4) is 6.07 Å². The summed E-state index contributed by atoms with van der Waals surface area (Å²) in [7, 11) is 1.71. The molecule has 0 spiro atoms. The highest BCUT2D eigenvalue weighted by molar-refractivity contribution is 5.95.